The summed E-state index contributed by atoms with van der Waals surface area (Å²) < 4.78 is 6.90. The maximum absolute atomic E-state index is 6.90. The van der Waals surface area contributed by atoms with Crippen LogP contribution in [0.25, 0.3) is 44.2 Å². The number of hydrogen-bond acceptors (Lipinski definition) is 2. The molecule has 0 N–H and O–H groups in total. The lowest BCUT2D eigenvalue weighted by molar-refractivity contribution is 0.638. The van der Waals surface area contributed by atoms with Crippen molar-refractivity contribution in [1.29, 1.82) is 0 Å². The van der Waals surface area contributed by atoms with E-state index in [0.29, 0.717) is 0 Å². The Kier molecular flexibility index (Phi) is 5.97. The van der Waals surface area contributed by atoms with Crippen LogP contribution in [0.15, 0.2) is 174 Å². The number of para-hydroxylation sites is 2. The standard InChI is InChI=1S/C44H31NO/c1-44(37-21-10-8-18-34(37)35-19-9-11-22-38(35)44)39-23-12-20-36-42-40(24-13-25-41(42)46-43(36)39)45(32-16-6-3-7-17-32)33-28-26-31(27-29-33)30-14-4-2-5-15-30/h2-29H,1H3. The fourth-order valence-corrected chi connectivity index (χ4v) is 7.59. The molecule has 0 atom stereocenters. The van der Waals surface area contributed by atoms with Gasteiger partial charge in [-0.15, -0.1) is 0 Å². The molecule has 0 amide bonds. The van der Waals surface area contributed by atoms with E-state index in [1.807, 2.05) is 0 Å². The summed E-state index contributed by atoms with van der Waals surface area (Å²) in [5, 5.41) is 2.23. The van der Waals surface area contributed by atoms with Crippen LogP contribution in [0.1, 0.15) is 23.6 Å². The molecule has 0 aliphatic heterocycles. The average Bonchev–Trinajstić information content (AvgIpc) is 3.64. The number of furan rings is 1. The molecule has 0 spiro atoms. The molecule has 0 radical (unpaired) electrons. The van der Waals surface area contributed by atoms with Gasteiger partial charge in [0.05, 0.1) is 11.1 Å². The highest BCUT2D eigenvalue weighted by Crippen LogP contribution is 2.54. The molecule has 1 aliphatic rings. The van der Waals surface area contributed by atoms with Crippen molar-refractivity contribution in [3.63, 3.8) is 0 Å². The molecule has 0 unspecified atom stereocenters. The molecule has 8 aromatic rings. The zero-order chi connectivity index (χ0) is 30.7. The third-order valence-corrected chi connectivity index (χ3v) is 9.75. The quantitative estimate of drug-likeness (QED) is 0.199. The van der Waals surface area contributed by atoms with Gasteiger partial charge in [0, 0.05) is 27.7 Å². The Hall–Kier alpha value is -5.86. The van der Waals surface area contributed by atoms with Gasteiger partial charge >= 0.3 is 0 Å². The van der Waals surface area contributed by atoms with E-state index in [2.05, 4.69) is 182 Å². The second-order valence-corrected chi connectivity index (χ2v) is 12.2. The monoisotopic (exact) mass is 589 g/mol. The summed E-state index contributed by atoms with van der Waals surface area (Å²) in [5.41, 5.74) is 13.5. The third kappa shape index (κ3) is 3.90. The number of fused-ring (bicyclic) bond motifs is 6. The van der Waals surface area contributed by atoms with Crippen molar-refractivity contribution in [2.75, 3.05) is 4.90 Å². The summed E-state index contributed by atoms with van der Waals surface area (Å²) in [5.74, 6) is 0. The van der Waals surface area contributed by atoms with Crippen LogP contribution in [0.4, 0.5) is 17.1 Å². The maximum Gasteiger partial charge on any atom is 0.139 e. The first-order valence-corrected chi connectivity index (χ1v) is 15.9. The first-order chi connectivity index (χ1) is 22.7. The van der Waals surface area contributed by atoms with Gasteiger partial charge in [-0.3, -0.25) is 0 Å². The van der Waals surface area contributed by atoms with E-state index in [-0.39, 0.29) is 5.41 Å². The van der Waals surface area contributed by atoms with Gasteiger partial charge in [0.1, 0.15) is 11.2 Å². The van der Waals surface area contributed by atoms with Crippen molar-refractivity contribution in [2.24, 2.45) is 0 Å². The van der Waals surface area contributed by atoms with Crippen LogP contribution < -0.4 is 4.90 Å². The fourth-order valence-electron chi connectivity index (χ4n) is 7.59. The molecule has 0 fully saturated rings. The molecule has 1 heterocycles. The molecule has 9 rings (SSSR count). The molecular formula is C44H31NO. The maximum atomic E-state index is 6.90. The van der Waals surface area contributed by atoms with Gasteiger partial charge in [-0.2, -0.15) is 0 Å². The van der Waals surface area contributed by atoms with Crippen molar-refractivity contribution in [2.45, 2.75) is 12.3 Å². The van der Waals surface area contributed by atoms with Gasteiger partial charge < -0.3 is 9.32 Å². The summed E-state index contributed by atoms with van der Waals surface area (Å²) in [4.78, 5) is 2.35. The third-order valence-electron chi connectivity index (χ3n) is 9.75. The van der Waals surface area contributed by atoms with Gasteiger partial charge in [-0.1, -0.05) is 133 Å². The van der Waals surface area contributed by atoms with Crippen LogP contribution in [0, 0.1) is 0 Å². The molecule has 218 valence electrons. The molecule has 0 bridgehead atoms. The normalized spacial score (nSPS) is 13.1. The van der Waals surface area contributed by atoms with Crippen molar-refractivity contribution >= 4 is 39.0 Å². The largest absolute Gasteiger partial charge is 0.456 e. The van der Waals surface area contributed by atoms with Crippen molar-refractivity contribution in [1.82, 2.24) is 0 Å². The molecule has 2 heteroatoms. The van der Waals surface area contributed by atoms with E-state index in [4.69, 9.17) is 4.42 Å². The molecule has 2 nitrogen and oxygen atoms in total. The van der Waals surface area contributed by atoms with Crippen LogP contribution in [0.5, 0.6) is 0 Å². The molecule has 0 saturated carbocycles. The molecule has 1 aliphatic carbocycles. The second-order valence-electron chi connectivity index (χ2n) is 12.2. The summed E-state index contributed by atoms with van der Waals surface area (Å²) >= 11 is 0. The smallest absolute Gasteiger partial charge is 0.139 e. The lowest BCUT2D eigenvalue weighted by Crippen LogP contribution is -2.22. The van der Waals surface area contributed by atoms with E-state index < -0.39 is 0 Å². The summed E-state index contributed by atoms with van der Waals surface area (Å²) in [6, 6.07) is 60.7. The van der Waals surface area contributed by atoms with E-state index in [9.17, 15) is 0 Å². The minimum absolute atomic E-state index is 0.354. The van der Waals surface area contributed by atoms with E-state index in [1.165, 1.54) is 38.9 Å². The molecule has 0 saturated heterocycles. The highest BCUT2D eigenvalue weighted by atomic mass is 16.3. The van der Waals surface area contributed by atoms with Crippen molar-refractivity contribution in [3.8, 4) is 22.3 Å². The first-order valence-electron chi connectivity index (χ1n) is 15.9. The predicted molar refractivity (Wildman–Crippen MR) is 191 cm³/mol. The minimum atomic E-state index is -0.354. The Morgan fingerprint density at radius 1 is 0.457 bits per heavy atom. The average molecular weight is 590 g/mol. The van der Waals surface area contributed by atoms with Gasteiger partial charge in [-0.05, 0) is 76.7 Å². The Morgan fingerprint density at radius 2 is 1.00 bits per heavy atom. The summed E-state index contributed by atoms with van der Waals surface area (Å²) in [6.07, 6.45) is 0. The number of rotatable bonds is 5. The second kappa shape index (κ2) is 10.4. The molecule has 7 aromatic carbocycles. The number of anilines is 3. The van der Waals surface area contributed by atoms with Gasteiger partial charge in [0.15, 0.2) is 0 Å². The molecule has 46 heavy (non-hydrogen) atoms. The number of benzene rings is 7. The van der Waals surface area contributed by atoms with Crippen LogP contribution in [0.3, 0.4) is 0 Å². The molecule has 1 aromatic heterocycles. The zero-order valence-electron chi connectivity index (χ0n) is 25.5. The SMILES string of the molecule is CC1(c2cccc3c2oc2cccc(N(c4ccccc4)c4ccc(-c5ccccc5)cc4)c23)c2ccccc2-c2ccccc21. The fraction of sp³-hybridized carbons (Fsp3) is 0.0455. The van der Waals surface area contributed by atoms with Crippen LogP contribution in [-0.2, 0) is 5.41 Å². The predicted octanol–water partition coefficient (Wildman–Crippen LogP) is 12.1. The highest BCUT2D eigenvalue weighted by Gasteiger charge is 2.42. The minimum Gasteiger partial charge on any atom is -0.456 e. The zero-order valence-corrected chi connectivity index (χ0v) is 25.5. The van der Waals surface area contributed by atoms with Crippen molar-refractivity contribution in [3.05, 3.63) is 187 Å². The Bertz CT molecular complexity index is 2320. The highest BCUT2D eigenvalue weighted by molar-refractivity contribution is 6.14. The van der Waals surface area contributed by atoms with Gasteiger partial charge in [0.2, 0.25) is 0 Å². The lowest BCUT2D eigenvalue weighted by atomic mass is 9.74. The molecular weight excluding hydrogens is 558 g/mol. The number of nitrogens with zero attached hydrogens (tertiary/aromatic N) is 1. The lowest BCUT2D eigenvalue weighted by Gasteiger charge is -2.28. The van der Waals surface area contributed by atoms with Crippen LogP contribution >= 0.6 is 0 Å². The summed E-state index contributed by atoms with van der Waals surface area (Å²) in [6.45, 7) is 2.35. The van der Waals surface area contributed by atoms with E-state index in [1.54, 1.807) is 0 Å². The van der Waals surface area contributed by atoms with E-state index in [0.717, 1.165) is 39.0 Å². The van der Waals surface area contributed by atoms with Crippen LogP contribution in [-0.4, -0.2) is 0 Å². The Morgan fingerprint density at radius 3 is 1.70 bits per heavy atom. The van der Waals surface area contributed by atoms with Gasteiger partial charge in [-0.25, -0.2) is 0 Å². The first kappa shape index (κ1) is 26.5. The van der Waals surface area contributed by atoms with Crippen LogP contribution in [0.2, 0.25) is 0 Å². The Labute approximate surface area is 268 Å². The Balaban J connectivity index is 1.27. The number of hydrogen-bond donors (Lipinski definition) is 0. The van der Waals surface area contributed by atoms with Gasteiger partial charge in [0.25, 0.3) is 0 Å². The van der Waals surface area contributed by atoms with Crippen molar-refractivity contribution < 1.29 is 4.42 Å². The van der Waals surface area contributed by atoms with E-state index >= 15 is 0 Å². The topological polar surface area (TPSA) is 16.4 Å². The summed E-state index contributed by atoms with van der Waals surface area (Å²) in [7, 11) is 0.